The van der Waals surface area contributed by atoms with Gasteiger partial charge in [0.2, 0.25) is 0 Å². The Morgan fingerprint density at radius 1 is 1.33 bits per heavy atom. The van der Waals surface area contributed by atoms with Gasteiger partial charge in [0, 0.05) is 25.0 Å². The largest absolute Gasteiger partial charge is 0.316 e. The number of nitrogens with one attached hydrogen (secondary N) is 1. The lowest BCUT2D eigenvalue weighted by Gasteiger charge is -2.29. The molecular formula is C10H15ClFN3. The fraction of sp³-hybridized carbons (Fsp3) is 0.600. The maximum Gasteiger partial charge on any atom is 0.119 e. The molecule has 0 radical (unpaired) electrons. The fourth-order valence-corrected chi connectivity index (χ4v) is 1.80. The predicted octanol–water partition coefficient (Wildman–Crippen LogP) is 1.53. The first kappa shape index (κ1) is 12.3. The normalized spacial score (nSPS) is 19.3. The molecule has 0 spiro atoms. The molecule has 1 aliphatic heterocycles. The quantitative estimate of drug-likeness (QED) is 0.839. The smallest absolute Gasteiger partial charge is 0.119 e. The topological polar surface area (TPSA) is 37.8 Å². The Kier molecular flexibility index (Phi) is 4.42. The van der Waals surface area contributed by atoms with E-state index in [1.54, 1.807) is 18.6 Å². The van der Waals surface area contributed by atoms with Crippen molar-refractivity contribution < 1.29 is 4.39 Å². The van der Waals surface area contributed by atoms with Crippen molar-refractivity contribution in [1.82, 2.24) is 15.3 Å². The van der Waals surface area contributed by atoms with Crippen LogP contribution >= 0.6 is 12.4 Å². The second-order valence-corrected chi connectivity index (χ2v) is 3.77. The molecule has 0 atom stereocenters. The first-order valence-corrected chi connectivity index (χ1v) is 4.93. The summed E-state index contributed by atoms with van der Waals surface area (Å²) in [5, 5.41) is 3.15. The summed E-state index contributed by atoms with van der Waals surface area (Å²) in [4.78, 5) is 8.03. The summed E-state index contributed by atoms with van der Waals surface area (Å²) in [5.74, 6) is 0. The van der Waals surface area contributed by atoms with Crippen LogP contribution in [0.2, 0.25) is 0 Å². The summed E-state index contributed by atoms with van der Waals surface area (Å²) in [7, 11) is 0. The first-order chi connectivity index (χ1) is 6.79. The average molecular weight is 232 g/mol. The number of nitrogens with zero attached hydrogens (tertiary/aromatic N) is 2. The zero-order chi connectivity index (χ0) is 9.86. The molecule has 2 rings (SSSR count). The van der Waals surface area contributed by atoms with Crippen molar-refractivity contribution in [3.8, 4) is 0 Å². The van der Waals surface area contributed by atoms with Crippen LogP contribution in [0.25, 0.3) is 0 Å². The van der Waals surface area contributed by atoms with Gasteiger partial charge in [-0.15, -0.1) is 12.4 Å². The van der Waals surface area contributed by atoms with Crippen molar-refractivity contribution in [1.29, 1.82) is 0 Å². The number of aromatic nitrogens is 2. The van der Waals surface area contributed by atoms with E-state index < -0.39 is 5.67 Å². The Balaban J connectivity index is 0.00000112. The number of rotatable bonds is 2. The minimum Gasteiger partial charge on any atom is -0.316 e. The third-order valence-electron chi connectivity index (χ3n) is 2.61. The third kappa shape index (κ3) is 3.39. The fourth-order valence-electron chi connectivity index (χ4n) is 1.80. The molecule has 1 N–H and O–H groups in total. The first-order valence-electron chi connectivity index (χ1n) is 4.93. The minimum atomic E-state index is -1.08. The lowest BCUT2D eigenvalue weighted by molar-refractivity contribution is 0.115. The molecule has 1 aliphatic rings. The third-order valence-corrected chi connectivity index (χ3v) is 2.61. The second kappa shape index (κ2) is 5.37. The van der Waals surface area contributed by atoms with Crippen molar-refractivity contribution in [2.45, 2.75) is 24.9 Å². The Morgan fingerprint density at radius 2 is 2.07 bits per heavy atom. The van der Waals surface area contributed by atoms with Crippen molar-refractivity contribution >= 4 is 12.4 Å². The van der Waals surface area contributed by atoms with Crippen LogP contribution in [0.1, 0.15) is 18.5 Å². The van der Waals surface area contributed by atoms with E-state index in [-0.39, 0.29) is 12.4 Å². The van der Waals surface area contributed by atoms with Gasteiger partial charge in [0.25, 0.3) is 0 Å². The molecule has 2 heterocycles. The highest BCUT2D eigenvalue weighted by atomic mass is 35.5. The van der Waals surface area contributed by atoms with Crippen LogP contribution in [0.5, 0.6) is 0 Å². The van der Waals surface area contributed by atoms with E-state index in [0.717, 1.165) is 18.8 Å². The molecule has 1 saturated heterocycles. The molecule has 1 aromatic rings. The molecule has 1 aromatic heterocycles. The van der Waals surface area contributed by atoms with Crippen LogP contribution in [0.3, 0.4) is 0 Å². The van der Waals surface area contributed by atoms with E-state index in [1.807, 2.05) is 0 Å². The summed E-state index contributed by atoms with van der Waals surface area (Å²) in [5.41, 5.74) is -0.335. The van der Waals surface area contributed by atoms with E-state index in [4.69, 9.17) is 0 Å². The van der Waals surface area contributed by atoms with Crippen molar-refractivity contribution in [3.63, 3.8) is 0 Å². The number of piperidine rings is 1. The number of alkyl halides is 1. The summed E-state index contributed by atoms with van der Waals surface area (Å²) in [6, 6.07) is 0. The number of hydrogen-bond acceptors (Lipinski definition) is 3. The molecule has 1 fully saturated rings. The molecule has 0 bridgehead atoms. The van der Waals surface area contributed by atoms with Gasteiger partial charge < -0.3 is 5.32 Å². The van der Waals surface area contributed by atoms with Crippen LogP contribution in [-0.2, 0) is 6.42 Å². The summed E-state index contributed by atoms with van der Waals surface area (Å²) >= 11 is 0. The maximum atomic E-state index is 14.2. The van der Waals surface area contributed by atoms with Crippen molar-refractivity contribution in [2.24, 2.45) is 0 Å². The highest BCUT2D eigenvalue weighted by molar-refractivity contribution is 5.85. The van der Waals surface area contributed by atoms with E-state index in [2.05, 4.69) is 15.3 Å². The molecule has 0 amide bonds. The number of halogens is 2. The maximum absolute atomic E-state index is 14.2. The standard InChI is InChI=1S/C10H14FN3.ClH/c11-10(1-3-12-4-2-10)7-9-8-13-5-6-14-9;/h5-6,8,12H,1-4,7H2;1H. The molecule has 84 valence electrons. The molecule has 5 heteroatoms. The molecule has 0 aromatic carbocycles. The lowest BCUT2D eigenvalue weighted by Crippen LogP contribution is -2.40. The van der Waals surface area contributed by atoms with E-state index >= 15 is 0 Å². The molecule has 15 heavy (non-hydrogen) atoms. The van der Waals surface area contributed by atoms with Gasteiger partial charge in [0.15, 0.2) is 0 Å². The Morgan fingerprint density at radius 3 is 2.67 bits per heavy atom. The van der Waals surface area contributed by atoms with Gasteiger partial charge in [-0.1, -0.05) is 0 Å². The van der Waals surface area contributed by atoms with E-state index in [0.29, 0.717) is 19.3 Å². The zero-order valence-electron chi connectivity index (χ0n) is 8.45. The van der Waals surface area contributed by atoms with Crippen LogP contribution in [-0.4, -0.2) is 28.7 Å². The monoisotopic (exact) mass is 231 g/mol. The lowest BCUT2D eigenvalue weighted by atomic mass is 9.90. The van der Waals surface area contributed by atoms with E-state index in [9.17, 15) is 4.39 Å². The van der Waals surface area contributed by atoms with Gasteiger partial charge in [-0.05, 0) is 25.9 Å². The summed E-state index contributed by atoms with van der Waals surface area (Å²) < 4.78 is 14.2. The SMILES string of the molecule is Cl.FC1(Cc2cnccn2)CCNCC1. The average Bonchev–Trinajstić information content (AvgIpc) is 2.19. The van der Waals surface area contributed by atoms with Gasteiger partial charge >= 0.3 is 0 Å². The Bertz CT molecular complexity index is 288. The van der Waals surface area contributed by atoms with Crippen LogP contribution in [0.4, 0.5) is 4.39 Å². The van der Waals surface area contributed by atoms with Crippen LogP contribution < -0.4 is 5.32 Å². The predicted molar refractivity (Wildman–Crippen MR) is 58.9 cm³/mol. The van der Waals surface area contributed by atoms with Crippen molar-refractivity contribution in [3.05, 3.63) is 24.3 Å². The zero-order valence-corrected chi connectivity index (χ0v) is 9.26. The summed E-state index contributed by atoms with van der Waals surface area (Å²) in [6.45, 7) is 1.52. The highest BCUT2D eigenvalue weighted by Gasteiger charge is 2.32. The highest BCUT2D eigenvalue weighted by Crippen LogP contribution is 2.26. The number of hydrogen-bond donors (Lipinski definition) is 1. The summed E-state index contributed by atoms with van der Waals surface area (Å²) in [6.07, 6.45) is 6.40. The van der Waals surface area contributed by atoms with Crippen molar-refractivity contribution in [2.75, 3.05) is 13.1 Å². The van der Waals surface area contributed by atoms with Gasteiger partial charge in [-0.3, -0.25) is 9.97 Å². The van der Waals surface area contributed by atoms with Gasteiger partial charge in [-0.25, -0.2) is 4.39 Å². The minimum absolute atomic E-state index is 0. The van der Waals surface area contributed by atoms with Crippen LogP contribution in [0, 0.1) is 0 Å². The second-order valence-electron chi connectivity index (χ2n) is 3.77. The molecule has 0 saturated carbocycles. The van der Waals surface area contributed by atoms with E-state index in [1.165, 1.54) is 0 Å². The Hall–Kier alpha value is -0.740. The molecule has 0 aliphatic carbocycles. The van der Waals surface area contributed by atoms with Crippen LogP contribution in [0.15, 0.2) is 18.6 Å². The molecule has 0 unspecified atom stereocenters. The Labute approximate surface area is 94.9 Å². The molecular weight excluding hydrogens is 217 g/mol. The van der Waals surface area contributed by atoms with Gasteiger partial charge in [0.1, 0.15) is 5.67 Å². The van der Waals surface area contributed by atoms with Gasteiger partial charge in [-0.2, -0.15) is 0 Å². The molecule has 3 nitrogen and oxygen atoms in total. The van der Waals surface area contributed by atoms with Gasteiger partial charge in [0.05, 0.1) is 5.69 Å².